The summed E-state index contributed by atoms with van der Waals surface area (Å²) in [6.45, 7) is 0.330. The van der Waals surface area contributed by atoms with E-state index in [0.717, 1.165) is 26.5 Å². The minimum Gasteiger partial charge on any atom is -0.457 e. The molecule has 0 spiro atoms. The summed E-state index contributed by atoms with van der Waals surface area (Å²) in [6.07, 6.45) is 3.84. The molecule has 0 aliphatic rings. The maximum absolute atomic E-state index is 12.3. The molecule has 7 heteroatoms. The Balaban J connectivity index is 1.20. The molecule has 0 radical (unpaired) electrons. The third-order valence-electron chi connectivity index (χ3n) is 4.65. The highest BCUT2D eigenvalue weighted by atomic mass is 32.1. The van der Waals surface area contributed by atoms with E-state index in [0.29, 0.717) is 18.1 Å². The molecule has 1 amide bonds. The number of hydrogen-bond donors (Lipinski definition) is 1. The Morgan fingerprint density at radius 1 is 1.03 bits per heavy atom. The van der Waals surface area contributed by atoms with E-state index < -0.39 is 0 Å². The molecule has 6 nitrogen and oxygen atoms in total. The summed E-state index contributed by atoms with van der Waals surface area (Å²) in [6, 6.07) is 21.6. The van der Waals surface area contributed by atoms with E-state index in [9.17, 15) is 4.79 Å². The van der Waals surface area contributed by atoms with Crippen molar-refractivity contribution in [2.24, 2.45) is 0 Å². The maximum Gasteiger partial charge on any atom is 0.224 e. The van der Waals surface area contributed by atoms with Crippen LogP contribution in [0.3, 0.4) is 0 Å². The zero-order valence-electron chi connectivity index (χ0n) is 16.0. The number of nitrogens with one attached hydrogen (secondary N) is 1. The van der Waals surface area contributed by atoms with E-state index in [4.69, 9.17) is 4.42 Å². The number of hydrogen-bond acceptors (Lipinski definition) is 5. The number of rotatable bonds is 6. The zero-order chi connectivity index (χ0) is 20.3. The molecule has 30 heavy (non-hydrogen) atoms. The molecular weight excluding hydrogens is 396 g/mol. The lowest BCUT2D eigenvalue weighted by Crippen LogP contribution is -2.24. The van der Waals surface area contributed by atoms with Gasteiger partial charge in [-0.25, -0.2) is 9.67 Å². The van der Waals surface area contributed by atoms with Crippen LogP contribution in [0, 0.1) is 0 Å². The summed E-state index contributed by atoms with van der Waals surface area (Å²) >= 11 is 1.59. The van der Waals surface area contributed by atoms with Gasteiger partial charge in [0.2, 0.25) is 5.91 Å². The Labute approximate surface area is 176 Å². The monoisotopic (exact) mass is 414 g/mol. The van der Waals surface area contributed by atoms with E-state index in [2.05, 4.69) is 15.4 Å². The highest BCUT2D eigenvalue weighted by Crippen LogP contribution is 2.31. The number of carbonyl (C=O) groups is 1. The van der Waals surface area contributed by atoms with E-state index in [1.54, 1.807) is 22.2 Å². The molecule has 5 rings (SSSR count). The lowest BCUT2D eigenvalue weighted by molar-refractivity contribution is -0.120. The molecule has 2 aromatic carbocycles. The molecule has 5 aromatic rings. The second-order valence-corrected chi connectivity index (χ2v) is 7.87. The van der Waals surface area contributed by atoms with Gasteiger partial charge < -0.3 is 9.73 Å². The summed E-state index contributed by atoms with van der Waals surface area (Å²) in [5.74, 6) is 1.32. The van der Waals surface area contributed by atoms with Crippen LogP contribution in [0.15, 0.2) is 83.5 Å². The second kappa shape index (κ2) is 7.96. The van der Waals surface area contributed by atoms with E-state index >= 15 is 0 Å². The smallest absolute Gasteiger partial charge is 0.224 e. The van der Waals surface area contributed by atoms with Crippen LogP contribution in [0.2, 0.25) is 0 Å². The third-order valence-corrected chi connectivity index (χ3v) is 5.70. The van der Waals surface area contributed by atoms with Crippen molar-refractivity contribution in [2.45, 2.75) is 13.0 Å². The van der Waals surface area contributed by atoms with Crippen molar-refractivity contribution in [1.82, 2.24) is 20.1 Å². The van der Waals surface area contributed by atoms with Crippen LogP contribution in [-0.4, -0.2) is 20.7 Å². The Bertz CT molecular complexity index is 1270. The van der Waals surface area contributed by atoms with Crippen LogP contribution >= 0.6 is 11.3 Å². The largest absolute Gasteiger partial charge is 0.457 e. The van der Waals surface area contributed by atoms with Crippen LogP contribution in [0.25, 0.3) is 26.7 Å². The molecule has 1 N–H and O–H groups in total. The van der Waals surface area contributed by atoms with E-state index in [1.807, 2.05) is 72.9 Å². The minimum atomic E-state index is -0.0828. The molecule has 0 unspecified atom stereocenters. The Morgan fingerprint density at radius 3 is 2.73 bits per heavy atom. The number of para-hydroxylation sites is 2. The molecule has 0 fully saturated rings. The fourth-order valence-corrected chi connectivity index (χ4v) is 4.10. The van der Waals surface area contributed by atoms with Crippen molar-refractivity contribution in [2.75, 3.05) is 0 Å². The minimum absolute atomic E-state index is 0.0828. The number of benzene rings is 2. The van der Waals surface area contributed by atoms with Crippen LogP contribution in [0.5, 0.6) is 0 Å². The van der Waals surface area contributed by atoms with Gasteiger partial charge in [0.1, 0.15) is 5.76 Å². The molecular formula is C23H18N4O2S. The average Bonchev–Trinajstić information content (AvgIpc) is 3.52. The van der Waals surface area contributed by atoms with Gasteiger partial charge >= 0.3 is 0 Å². The zero-order valence-corrected chi connectivity index (χ0v) is 16.8. The molecule has 148 valence electrons. The number of carbonyl (C=O) groups excluding carboxylic acids is 1. The van der Waals surface area contributed by atoms with Gasteiger partial charge in [0.05, 0.1) is 35.1 Å². The number of thiazole rings is 1. The SMILES string of the molecule is O=C(Cc1cnn(-c2ccccc2)c1)NCc1ccc(-c2nc3ccccc3s2)o1. The lowest BCUT2D eigenvalue weighted by Gasteiger charge is -2.02. The van der Waals surface area contributed by atoms with Crippen molar-refractivity contribution >= 4 is 27.5 Å². The van der Waals surface area contributed by atoms with Crippen molar-refractivity contribution in [3.63, 3.8) is 0 Å². The number of amides is 1. The Kier molecular flexibility index (Phi) is 4.86. The van der Waals surface area contributed by atoms with Gasteiger partial charge in [0.25, 0.3) is 0 Å². The summed E-state index contributed by atoms with van der Waals surface area (Å²) in [4.78, 5) is 16.9. The first-order valence-electron chi connectivity index (χ1n) is 9.55. The van der Waals surface area contributed by atoms with E-state index in [1.165, 1.54) is 0 Å². The van der Waals surface area contributed by atoms with E-state index in [-0.39, 0.29) is 12.3 Å². The Morgan fingerprint density at radius 2 is 1.87 bits per heavy atom. The summed E-state index contributed by atoms with van der Waals surface area (Å²) in [5, 5.41) is 8.06. The predicted molar refractivity (Wildman–Crippen MR) is 116 cm³/mol. The molecule has 0 saturated heterocycles. The van der Waals surface area contributed by atoms with Gasteiger partial charge in [-0.05, 0) is 42.0 Å². The van der Waals surface area contributed by atoms with Crippen molar-refractivity contribution in [3.05, 3.63) is 90.4 Å². The van der Waals surface area contributed by atoms with Crippen LogP contribution < -0.4 is 5.32 Å². The lowest BCUT2D eigenvalue weighted by atomic mass is 10.2. The fraction of sp³-hybridized carbons (Fsp3) is 0.0870. The van der Waals surface area contributed by atoms with Gasteiger partial charge in [-0.3, -0.25) is 4.79 Å². The quantitative estimate of drug-likeness (QED) is 0.441. The molecule has 0 aliphatic heterocycles. The number of fused-ring (bicyclic) bond motifs is 1. The number of nitrogens with zero attached hydrogens (tertiary/aromatic N) is 3. The van der Waals surface area contributed by atoms with Gasteiger partial charge in [-0.15, -0.1) is 11.3 Å². The van der Waals surface area contributed by atoms with Gasteiger partial charge in [-0.1, -0.05) is 30.3 Å². The number of furan rings is 1. The maximum atomic E-state index is 12.3. The van der Waals surface area contributed by atoms with Gasteiger partial charge in [0, 0.05) is 6.20 Å². The first-order chi connectivity index (χ1) is 14.7. The molecule has 3 aromatic heterocycles. The summed E-state index contributed by atoms with van der Waals surface area (Å²) in [7, 11) is 0. The molecule has 0 saturated carbocycles. The molecule has 3 heterocycles. The molecule has 0 aliphatic carbocycles. The first-order valence-corrected chi connectivity index (χ1v) is 10.4. The van der Waals surface area contributed by atoms with Crippen LogP contribution in [0.1, 0.15) is 11.3 Å². The van der Waals surface area contributed by atoms with Crippen molar-refractivity contribution < 1.29 is 9.21 Å². The third kappa shape index (κ3) is 3.88. The highest BCUT2D eigenvalue weighted by molar-refractivity contribution is 7.21. The molecule has 0 atom stereocenters. The summed E-state index contributed by atoms with van der Waals surface area (Å²) in [5.41, 5.74) is 2.77. The topological polar surface area (TPSA) is 73.0 Å². The van der Waals surface area contributed by atoms with Crippen molar-refractivity contribution in [1.29, 1.82) is 0 Å². The number of aromatic nitrogens is 3. The van der Waals surface area contributed by atoms with Gasteiger partial charge in [0.15, 0.2) is 10.8 Å². The van der Waals surface area contributed by atoms with Gasteiger partial charge in [-0.2, -0.15) is 5.10 Å². The highest BCUT2D eigenvalue weighted by Gasteiger charge is 2.12. The normalized spacial score (nSPS) is 11.1. The standard InChI is InChI=1S/C23H18N4O2S/c28-22(12-16-13-25-27(15-16)17-6-2-1-3-7-17)24-14-18-10-11-20(29-18)23-26-19-8-4-5-9-21(19)30-23/h1-11,13,15H,12,14H2,(H,24,28). The average molecular weight is 414 g/mol. The fourth-order valence-electron chi connectivity index (χ4n) is 3.17. The van der Waals surface area contributed by atoms with Crippen molar-refractivity contribution in [3.8, 4) is 16.5 Å². The van der Waals surface area contributed by atoms with Crippen LogP contribution in [-0.2, 0) is 17.8 Å². The first kappa shape index (κ1) is 18.3. The summed E-state index contributed by atoms with van der Waals surface area (Å²) < 4.78 is 8.76. The predicted octanol–water partition coefficient (Wildman–Crippen LogP) is 4.60. The van der Waals surface area contributed by atoms with Crippen LogP contribution in [0.4, 0.5) is 0 Å². The second-order valence-electron chi connectivity index (χ2n) is 6.83. The molecule has 0 bridgehead atoms. The Hall–Kier alpha value is -3.71.